The molecule has 2 aliphatic carbocycles. The Bertz CT molecular complexity index is 844. The maximum atomic E-state index is 13.5. The monoisotopic (exact) mass is 392 g/mol. The van der Waals surface area contributed by atoms with Crippen LogP contribution in [0.3, 0.4) is 0 Å². The lowest BCUT2D eigenvalue weighted by Crippen LogP contribution is -2.39. The second kappa shape index (κ2) is 6.87. The van der Waals surface area contributed by atoms with E-state index in [1.165, 1.54) is 24.3 Å². The number of rotatable bonds is 2. The highest BCUT2D eigenvalue weighted by Crippen LogP contribution is 2.59. The molecule has 28 heavy (non-hydrogen) atoms. The summed E-state index contributed by atoms with van der Waals surface area (Å²) in [4.78, 5) is 0. The third kappa shape index (κ3) is 3.57. The summed E-state index contributed by atoms with van der Waals surface area (Å²) in [6.45, 7) is 0. The second-order valence-corrected chi connectivity index (χ2v) is 8.60. The number of halogens is 4. The summed E-state index contributed by atoms with van der Waals surface area (Å²) in [7, 11) is 0. The predicted octanol–water partition coefficient (Wildman–Crippen LogP) is 6.56. The van der Waals surface area contributed by atoms with Crippen molar-refractivity contribution in [1.29, 1.82) is 0 Å². The normalized spacial score (nSPS) is 30.7. The van der Waals surface area contributed by atoms with E-state index in [2.05, 4.69) is 0 Å². The van der Waals surface area contributed by atoms with Gasteiger partial charge in [0.15, 0.2) is 0 Å². The van der Waals surface area contributed by atoms with E-state index in [9.17, 15) is 22.7 Å². The molecule has 3 unspecified atom stereocenters. The molecular formula is C23H24F4O. The van der Waals surface area contributed by atoms with E-state index >= 15 is 0 Å². The van der Waals surface area contributed by atoms with Crippen molar-refractivity contribution in [2.75, 3.05) is 0 Å². The van der Waals surface area contributed by atoms with Crippen molar-refractivity contribution in [2.24, 2.45) is 5.41 Å². The fourth-order valence-corrected chi connectivity index (χ4v) is 5.53. The molecule has 0 aliphatic heterocycles. The average Bonchev–Trinajstić information content (AvgIpc) is 3.04. The van der Waals surface area contributed by atoms with Gasteiger partial charge < -0.3 is 5.11 Å². The summed E-state index contributed by atoms with van der Waals surface area (Å²) in [5.41, 5.74) is -1.27. The number of alkyl halides is 3. The maximum absolute atomic E-state index is 13.5. The Morgan fingerprint density at radius 3 is 2.36 bits per heavy atom. The summed E-state index contributed by atoms with van der Waals surface area (Å²) in [6.07, 6.45) is 0.473. The highest BCUT2D eigenvalue weighted by molar-refractivity contribution is 5.35. The van der Waals surface area contributed by atoms with Gasteiger partial charge >= 0.3 is 6.18 Å². The Hall–Kier alpha value is -1.88. The molecule has 0 amide bonds. The van der Waals surface area contributed by atoms with E-state index in [1.54, 1.807) is 18.2 Å². The van der Waals surface area contributed by atoms with Gasteiger partial charge in [0.2, 0.25) is 0 Å². The minimum atomic E-state index is -4.48. The van der Waals surface area contributed by atoms with Crippen molar-refractivity contribution in [2.45, 2.75) is 62.6 Å². The molecule has 2 fully saturated rings. The highest BCUT2D eigenvalue weighted by atomic mass is 19.4. The topological polar surface area (TPSA) is 20.2 Å². The Balaban J connectivity index is 1.61. The van der Waals surface area contributed by atoms with Crippen molar-refractivity contribution in [3.63, 3.8) is 0 Å². The summed E-state index contributed by atoms with van der Waals surface area (Å²) in [6, 6.07) is 11.9. The lowest BCUT2D eigenvalue weighted by molar-refractivity contribution is -0.143. The Morgan fingerprint density at radius 2 is 1.64 bits per heavy atom. The van der Waals surface area contributed by atoms with Crippen molar-refractivity contribution < 1.29 is 22.7 Å². The molecule has 1 nitrogen and oxygen atoms in total. The molecule has 0 heterocycles. The minimum Gasteiger partial charge on any atom is -0.385 e. The Labute approximate surface area is 162 Å². The number of aliphatic hydroxyl groups is 1. The van der Waals surface area contributed by atoms with Gasteiger partial charge in [-0.05, 0) is 85.6 Å². The van der Waals surface area contributed by atoms with E-state index in [1.807, 2.05) is 0 Å². The molecule has 4 rings (SSSR count). The van der Waals surface area contributed by atoms with Gasteiger partial charge in [-0.25, -0.2) is 4.39 Å². The third-order valence-electron chi connectivity index (χ3n) is 6.74. The number of hydrogen-bond donors (Lipinski definition) is 1. The molecule has 2 aromatic rings. The van der Waals surface area contributed by atoms with Gasteiger partial charge in [0, 0.05) is 0 Å². The van der Waals surface area contributed by atoms with Gasteiger partial charge in [-0.3, -0.25) is 0 Å². The molecule has 3 atom stereocenters. The van der Waals surface area contributed by atoms with Crippen LogP contribution in [0.4, 0.5) is 17.6 Å². The third-order valence-corrected chi connectivity index (χ3v) is 6.74. The van der Waals surface area contributed by atoms with Crippen LogP contribution in [0.5, 0.6) is 0 Å². The van der Waals surface area contributed by atoms with Gasteiger partial charge in [0.05, 0.1) is 11.2 Å². The first-order valence-corrected chi connectivity index (χ1v) is 9.85. The zero-order valence-corrected chi connectivity index (χ0v) is 15.6. The van der Waals surface area contributed by atoms with Gasteiger partial charge in [-0.15, -0.1) is 0 Å². The molecule has 0 saturated heterocycles. The van der Waals surface area contributed by atoms with E-state index in [4.69, 9.17) is 0 Å². The first kappa shape index (κ1) is 19.4. The van der Waals surface area contributed by atoms with Gasteiger partial charge in [-0.2, -0.15) is 13.2 Å². The standard InChI is InChI=1S/C23H24F4O/c24-18-8-6-16(7-9-18)17-10-13-21(14-17)11-3-12-22(28,15-21)19-4-1-2-5-20(19)23(25,26)27/h1-2,4-9,17,28H,3,10-15H2. The van der Waals surface area contributed by atoms with Crippen LogP contribution >= 0.6 is 0 Å². The highest BCUT2D eigenvalue weighted by Gasteiger charge is 2.50. The van der Waals surface area contributed by atoms with Crippen LogP contribution in [-0.2, 0) is 11.8 Å². The summed E-state index contributed by atoms with van der Waals surface area (Å²) < 4.78 is 53.8. The zero-order valence-electron chi connectivity index (χ0n) is 15.6. The molecule has 5 heteroatoms. The number of hydrogen-bond acceptors (Lipinski definition) is 1. The first-order valence-electron chi connectivity index (χ1n) is 9.85. The fraction of sp³-hybridized carbons (Fsp3) is 0.478. The largest absolute Gasteiger partial charge is 0.416 e. The molecule has 0 aromatic heterocycles. The Morgan fingerprint density at radius 1 is 0.929 bits per heavy atom. The van der Waals surface area contributed by atoms with Crippen LogP contribution in [0, 0.1) is 11.2 Å². The van der Waals surface area contributed by atoms with Gasteiger partial charge in [0.1, 0.15) is 5.82 Å². The zero-order chi connectivity index (χ0) is 20.0. The lowest BCUT2D eigenvalue weighted by atomic mass is 9.63. The smallest absolute Gasteiger partial charge is 0.385 e. The van der Waals surface area contributed by atoms with Gasteiger partial charge in [-0.1, -0.05) is 30.3 Å². The van der Waals surface area contributed by atoms with E-state index < -0.39 is 17.3 Å². The van der Waals surface area contributed by atoms with Crippen molar-refractivity contribution in [3.05, 3.63) is 71.0 Å². The summed E-state index contributed by atoms with van der Waals surface area (Å²) in [5, 5.41) is 11.4. The molecule has 2 aliphatic rings. The fourth-order valence-electron chi connectivity index (χ4n) is 5.53. The molecule has 2 saturated carbocycles. The molecule has 1 N–H and O–H groups in total. The van der Waals surface area contributed by atoms with Crippen LogP contribution < -0.4 is 0 Å². The minimum absolute atomic E-state index is 0.00630. The maximum Gasteiger partial charge on any atom is 0.416 e. The van der Waals surface area contributed by atoms with E-state index in [0.29, 0.717) is 19.3 Å². The summed E-state index contributed by atoms with van der Waals surface area (Å²) in [5.74, 6) is -0.00642. The van der Waals surface area contributed by atoms with Crippen molar-refractivity contribution in [1.82, 2.24) is 0 Å². The summed E-state index contributed by atoms with van der Waals surface area (Å²) >= 11 is 0. The van der Waals surface area contributed by atoms with Crippen LogP contribution in [0.25, 0.3) is 0 Å². The van der Waals surface area contributed by atoms with Crippen LogP contribution in [-0.4, -0.2) is 5.11 Å². The van der Waals surface area contributed by atoms with Crippen LogP contribution in [0.15, 0.2) is 48.5 Å². The predicted molar refractivity (Wildman–Crippen MR) is 99.2 cm³/mol. The quantitative estimate of drug-likeness (QED) is 0.574. The van der Waals surface area contributed by atoms with Crippen molar-refractivity contribution >= 4 is 0 Å². The molecule has 1 spiro atoms. The molecule has 150 valence electrons. The number of benzene rings is 2. The average molecular weight is 392 g/mol. The van der Waals surface area contributed by atoms with E-state index in [-0.39, 0.29) is 22.7 Å². The SMILES string of the molecule is OC1(c2ccccc2C(F)(F)F)CCCC2(CCC(c3ccc(F)cc3)C2)C1. The molecule has 0 bridgehead atoms. The lowest BCUT2D eigenvalue weighted by Gasteiger charge is -2.45. The molecule has 0 radical (unpaired) electrons. The van der Waals surface area contributed by atoms with Crippen molar-refractivity contribution in [3.8, 4) is 0 Å². The molecule has 2 aromatic carbocycles. The Kier molecular flexibility index (Phi) is 4.77. The van der Waals surface area contributed by atoms with E-state index in [0.717, 1.165) is 37.3 Å². The molecular weight excluding hydrogens is 368 g/mol. The van der Waals surface area contributed by atoms with Crippen LogP contribution in [0.2, 0.25) is 0 Å². The van der Waals surface area contributed by atoms with Gasteiger partial charge in [0.25, 0.3) is 0 Å². The first-order chi connectivity index (χ1) is 13.2. The second-order valence-electron chi connectivity index (χ2n) is 8.60. The van der Waals surface area contributed by atoms with Crippen LogP contribution in [0.1, 0.15) is 67.6 Å².